The van der Waals surface area contributed by atoms with Gasteiger partial charge < -0.3 is 4.57 Å². The van der Waals surface area contributed by atoms with E-state index in [1.165, 1.54) is 19.3 Å². The van der Waals surface area contributed by atoms with Gasteiger partial charge in [0.05, 0.1) is 16.5 Å². The van der Waals surface area contributed by atoms with Gasteiger partial charge in [-0.3, -0.25) is 0 Å². The minimum absolute atomic E-state index is 0.151. The average Bonchev–Trinajstić information content (AvgIpc) is 3.01. The van der Waals surface area contributed by atoms with Gasteiger partial charge in [0.1, 0.15) is 17.4 Å². The van der Waals surface area contributed by atoms with E-state index in [0.717, 1.165) is 16.9 Å². The topological polar surface area (TPSA) is 41.6 Å². The maximum absolute atomic E-state index is 9.26. The molecule has 0 bridgehead atoms. The maximum atomic E-state index is 9.26. The molecule has 20 heavy (non-hydrogen) atoms. The van der Waals surface area contributed by atoms with E-state index in [1.807, 2.05) is 19.1 Å². The number of nitrogens with zero attached hydrogens (tertiary/aromatic N) is 3. The molecule has 1 aliphatic rings. The van der Waals surface area contributed by atoms with Crippen LogP contribution in [-0.2, 0) is 0 Å². The molecular weight excluding hydrogens is 270 g/mol. The third kappa shape index (κ3) is 1.99. The van der Waals surface area contributed by atoms with E-state index in [1.54, 1.807) is 0 Å². The number of para-hydroxylation sites is 1. The summed E-state index contributed by atoms with van der Waals surface area (Å²) in [4.78, 5) is 4.67. The monoisotopic (exact) mass is 287 g/mol. The lowest BCUT2D eigenvalue weighted by Crippen LogP contribution is -2.15. The molecule has 0 saturated heterocycles. The SMILES string of the molecule is CC(Cl)c1nc2c(C#N)cccc2n1C1CCCC1C. The van der Waals surface area contributed by atoms with Gasteiger partial charge in [0.25, 0.3) is 0 Å². The van der Waals surface area contributed by atoms with Gasteiger partial charge in [0.2, 0.25) is 0 Å². The second-order valence-corrected chi connectivity index (χ2v) is 6.37. The number of hydrogen-bond donors (Lipinski definition) is 0. The molecule has 0 spiro atoms. The lowest BCUT2D eigenvalue weighted by molar-refractivity contribution is 0.405. The van der Waals surface area contributed by atoms with Crippen LogP contribution in [0.1, 0.15) is 55.9 Å². The highest BCUT2D eigenvalue weighted by molar-refractivity contribution is 6.20. The van der Waals surface area contributed by atoms with Crippen LogP contribution < -0.4 is 0 Å². The molecule has 1 aromatic heterocycles. The highest BCUT2D eigenvalue weighted by Crippen LogP contribution is 2.40. The first-order valence-electron chi connectivity index (χ1n) is 7.18. The molecule has 104 valence electrons. The zero-order valence-corrected chi connectivity index (χ0v) is 12.6. The predicted octanol–water partition coefficient (Wildman–Crippen LogP) is 4.57. The van der Waals surface area contributed by atoms with Gasteiger partial charge in [-0.1, -0.05) is 19.4 Å². The first-order chi connectivity index (χ1) is 9.63. The molecule has 1 aliphatic carbocycles. The van der Waals surface area contributed by atoms with Crippen LogP contribution in [0, 0.1) is 17.2 Å². The number of benzene rings is 1. The van der Waals surface area contributed by atoms with Crippen LogP contribution >= 0.6 is 11.6 Å². The van der Waals surface area contributed by atoms with Gasteiger partial charge in [-0.05, 0) is 37.8 Å². The van der Waals surface area contributed by atoms with Crippen LogP contribution in [0.15, 0.2) is 18.2 Å². The largest absolute Gasteiger partial charge is 0.323 e. The van der Waals surface area contributed by atoms with Gasteiger partial charge in [-0.15, -0.1) is 11.6 Å². The lowest BCUT2D eigenvalue weighted by Gasteiger charge is -2.21. The average molecular weight is 288 g/mol. The first-order valence-corrected chi connectivity index (χ1v) is 7.62. The molecule has 3 unspecified atom stereocenters. The standard InChI is InChI=1S/C16H18ClN3/c1-10-5-3-7-13(10)20-14-8-4-6-12(9-18)15(14)19-16(20)11(2)17/h4,6,8,10-11,13H,3,5,7H2,1-2H3. The number of imidazole rings is 1. The molecule has 0 amide bonds. The molecule has 0 radical (unpaired) electrons. The lowest BCUT2D eigenvalue weighted by atomic mass is 10.1. The fourth-order valence-corrected chi connectivity index (χ4v) is 3.52. The van der Waals surface area contributed by atoms with Gasteiger partial charge >= 0.3 is 0 Å². The Hall–Kier alpha value is -1.53. The summed E-state index contributed by atoms with van der Waals surface area (Å²) in [5.74, 6) is 1.52. The molecule has 0 N–H and O–H groups in total. The van der Waals surface area contributed by atoms with E-state index in [9.17, 15) is 5.26 Å². The van der Waals surface area contributed by atoms with E-state index >= 15 is 0 Å². The Labute approximate surface area is 124 Å². The van der Waals surface area contributed by atoms with Crippen LogP contribution in [-0.4, -0.2) is 9.55 Å². The number of hydrogen-bond acceptors (Lipinski definition) is 2. The third-order valence-electron chi connectivity index (χ3n) is 4.37. The Morgan fingerprint density at radius 2 is 2.25 bits per heavy atom. The molecular formula is C16H18ClN3. The normalized spacial score (nSPS) is 23.9. The maximum Gasteiger partial charge on any atom is 0.128 e. The molecule has 1 aromatic carbocycles. The fraction of sp³-hybridized carbons (Fsp3) is 0.500. The highest BCUT2D eigenvalue weighted by atomic mass is 35.5. The number of halogens is 1. The van der Waals surface area contributed by atoms with Crippen molar-refractivity contribution in [1.82, 2.24) is 9.55 Å². The molecule has 3 nitrogen and oxygen atoms in total. The minimum Gasteiger partial charge on any atom is -0.323 e. The summed E-state index contributed by atoms with van der Waals surface area (Å²) in [6, 6.07) is 8.49. The summed E-state index contributed by atoms with van der Waals surface area (Å²) < 4.78 is 2.28. The first kappa shape index (κ1) is 13.5. The van der Waals surface area contributed by atoms with Gasteiger partial charge in [0.15, 0.2) is 0 Å². The summed E-state index contributed by atoms with van der Waals surface area (Å²) in [6.45, 7) is 4.24. The van der Waals surface area contributed by atoms with Crippen molar-refractivity contribution in [3.63, 3.8) is 0 Å². The third-order valence-corrected chi connectivity index (χ3v) is 4.57. The van der Waals surface area contributed by atoms with Crippen molar-refractivity contribution in [3.8, 4) is 6.07 Å². The predicted molar refractivity (Wildman–Crippen MR) is 80.8 cm³/mol. The Morgan fingerprint density at radius 3 is 2.85 bits per heavy atom. The smallest absolute Gasteiger partial charge is 0.128 e. The van der Waals surface area contributed by atoms with Crippen molar-refractivity contribution >= 4 is 22.6 Å². The van der Waals surface area contributed by atoms with E-state index < -0.39 is 0 Å². The van der Waals surface area contributed by atoms with Crippen LogP contribution in [0.5, 0.6) is 0 Å². The Balaban J connectivity index is 2.28. The van der Waals surface area contributed by atoms with Crippen LogP contribution in [0.2, 0.25) is 0 Å². The van der Waals surface area contributed by atoms with E-state index in [4.69, 9.17) is 11.6 Å². The summed E-state index contributed by atoms with van der Waals surface area (Å²) in [6.07, 6.45) is 3.66. The van der Waals surface area contributed by atoms with Crippen molar-refractivity contribution in [1.29, 1.82) is 5.26 Å². The molecule has 3 rings (SSSR count). The Morgan fingerprint density at radius 1 is 1.45 bits per heavy atom. The van der Waals surface area contributed by atoms with Crippen molar-refractivity contribution in [2.24, 2.45) is 5.92 Å². The Kier molecular flexibility index (Phi) is 3.43. The molecule has 0 aliphatic heterocycles. The summed E-state index contributed by atoms with van der Waals surface area (Å²) in [7, 11) is 0. The highest BCUT2D eigenvalue weighted by Gasteiger charge is 2.30. The van der Waals surface area contributed by atoms with Gasteiger partial charge in [-0.25, -0.2) is 4.98 Å². The van der Waals surface area contributed by atoms with Crippen molar-refractivity contribution in [2.75, 3.05) is 0 Å². The second-order valence-electron chi connectivity index (χ2n) is 5.72. The second kappa shape index (κ2) is 5.10. The zero-order valence-electron chi connectivity index (χ0n) is 11.8. The van der Waals surface area contributed by atoms with Gasteiger partial charge in [-0.2, -0.15) is 5.26 Å². The van der Waals surface area contributed by atoms with Gasteiger partial charge in [0, 0.05) is 6.04 Å². The molecule has 1 heterocycles. The van der Waals surface area contributed by atoms with Crippen LogP contribution in [0.4, 0.5) is 0 Å². The molecule has 2 aromatic rings. The quantitative estimate of drug-likeness (QED) is 0.759. The molecule has 1 saturated carbocycles. The summed E-state index contributed by atoms with van der Waals surface area (Å²) in [5, 5.41) is 9.11. The Bertz CT molecular complexity index is 681. The minimum atomic E-state index is -0.151. The van der Waals surface area contributed by atoms with E-state index in [2.05, 4.69) is 28.6 Å². The van der Waals surface area contributed by atoms with Crippen LogP contribution in [0.3, 0.4) is 0 Å². The van der Waals surface area contributed by atoms with E-state index in [-0.39, 0.29) is 5.38 Å². The van der Waals surface area contributed by atoms with Crippen molar-refractivity contribution < 1.29 is 0 Å². The van der Waals surface area contributed by atoms with Crippen LogP contribution in [0.25, 0.3) is 11.0 Å². The number of fused-ring (bicyclic) bond motifs is 1. The number of alkyl halides is 1. The zero-order chi connectivity index (χ0) is 14.3. The van der Waals surface area contributed by atoms with Crippen molar-refractivity contribution in [3.05, 3.63) is 29.6 Å². The summed E-state index contributed by atoms with van der Waals surface area (Å²) in [5.41, 5.74) is 2.47. The number of aromatic nitrogens is 2. The number of nitriles is 1. The molecule has 1 fully saturated rings. The molecule has 3 atom stereocenters. The van der Waals surface area contributed by atoms with E-state index in [0.29, 0.717) is 17.5 Å². The van der Waals surface area contributed by atoms with Crippen molar-refractivity contribution in [2.45, 2.75) is 44.5 Å². The number of rotatable bonds is 2. The fourth-order valence-electron chi connectivity index (χ4n) is 3.36. The summed E-state index contributed by atoms with van der Waals surface area (Å²) >= 11 is 6.34. The molecule has 4 heteroatoms.